The van der Waals surface area contributed by atoms with Crippen LogP contribution in [-0.4, -0.2) is 27.4 Å². The highest BCUT2D eigenvalue weighted by Crippen LogP contribution is 2.29. The number of amides is 1. The van der Waals surface area contributed by atoms with Crippen molar-refractivity contribution in [2.75, 3.05) is 17.4 Å². The van der Waals surface area contributed by atoms with Gasteiger partial charge in [0, 0.05) is 16.6 Å². The van der Waals surface area contributed by atoms with Crippen molar-refractivity contribution >= 4 is 44.8 Å². The van der Waals surface area contributed by atoms with E-state index in [4.69, 9.17) is 23.2 Å². The van der Waals surface area contributed by atoms with E-state index in [0.29, 0.717) is 12.5 Å². The van der Waals surface area contributed by atoms with Gasteiger partial charge in [0.25, 0.3) is 10.0 Å². The molecule has 0 radical (unpaired) electrons. The zero-order valence-corrected chi connectivity index (χ0v) is 19.6. The number of halogens is 2. The van der Waals surface area contributed by atoms with Crippen LogP contribution in [0.15, 0.2) is 53.4 Å². The number of carbonyl (C=O) groups is 1. The summed E-state index contributed by atoms with van der Waals surface area (Å²) < 4.78 is 27.6. The molecular formula is C22H28Cl2N2O3S. The fraction of sp³-hybridized carbons (Fsp3) is 0.409. The van der Waals surface area contributed by atoms with Gasteiger partial charge in [-0.3, -0.25) is 9.10 Å². The summed E-state index contributed by atoms with van der Waals surface area (Å²) in [5.41, 5.74) is 0.240. The van der Waals surface area contributed by atoms with Gasteiger partial charge in [-0.15, -0.1) is 0 Å². The van der Waals surface area contributed by atoms with Crippen molar-refractivity contribution in [3.8, 4) is 0 Å². The van der Waals surface area contributed by atoms with Crippen LogP contribution in [0.25, 0.3) is 0 Å². The lowest BCUT2D eigenvalue weighted by atomic mass is 9.99. The van der Waals surface area contributed by atoms with Crippen LogP contribution in [0.1, 0.15) is 39.5 Å². The van der Waals surface area contributed by atoms with Gasteiger partial charge in [-0.25, -0.2) is 8.42 Å². The summed E-state index contributed by atoms with van der Waals surface area (Å²) >= 11 is 12.2. The smallest absolute Gasteiger partial charge is 0.264 e. The molecule has 0 saturated heterocycles. The second-order valence-electron chi connectivity index (χ2n) is 7.17. The Bertz CT molecular complexity index is 916. The van der Waals surface area contributed by atoms with E-state index < -0.39 is 10.0 Å². The number of nitrogens with one attached hydrogen (secondary N) is 1. The summed E-state index contributed by atoms with van der Waals surface area (Å²) in [4.78, 5) is 12.8. The zero-order valence-electron chi connectivity index (χ0n) is 17.3. The topological polar surface area (TPSA) is 66.5 Å². The first-order valence-electron chi connectivity index (χ1n) is 10.1. The van der Waals surface area contributed by atoms with Gasteiger partial charge in [0.05, 0.1) is 10.6 Å². The molecule has 2 aromatic rings. The predicted molar refractivity (Wildman–Crippen MR) is 124 cm³/mol. The van der Waals surface area contributed by atoms with E-state index in [1.165, 1.54) is 30.3 Å². The highest BCUT2D eigenvalue weighted by molar-refractivity contribution is 7.92. The number of unbranched alkanes of at least 4 members (excludes halogenated alkanes) is 1. The Morgan fingerprint density at radius 2 is 1.70 bits per heavy atom. The number of rotatable bonds is 11. The summed E-state index contributed by atoms with van der Waals surface area (Å²) in [6.07, 6.45) is 4.19. The van der Waals surface area contributed by atoms with Gasteiger partial charge in [-0.05, 0) is 42.7 Å². The summed E-state index contributed by atoms with van der Waals surface area (Å²) in [5.74, 6) is -0.00533. The van der Waals surface area contributed by atoms with Gasteiger partial charge in [0.15, 0.2) is 0 Å². The Kier molecular flexibility index (Phi) is 9.46. The van der Waals surface area contributed by atoms with Gasteiger partial charge >= 0.3 is 0 Å². The quantitative estimate of drug-likeness (QED) is 0.469. The molecule has 0 bridgehead atoms. The SMILES string of the molecule is CCCC[C@H](CC)CNC(=O)CN(c1cc(Cl)cc(Cl)c1)S(=O)(=O)c1ccccc1. The van der Waals surface area contributed by atoms with Crippen molar-refractivity contribution in [1.29, 1.82) is 0 Å². The van der Waals surface area contributed by atoms with Crippen molar-refractivity contribution in [3.63, 3.8) is 0 Å². The molecule has 0 saturated carbocycles. The fourth-order valence-corrected chi connectivity index (χ4v) is 5.05. The lowest BCUT2D eigenvalue weighted by Gasteiger charge is -2.25. The maximum absolute atomic E-state index is 13.3. The second-order valence-corrected chi connectivity index (χ2v) is 9.91. The van der Waals surface area contributed by atoms with Crippen LogP contribution in [0.2, 0.25) is 10.0 Å². The Labute approximate surface area is 189 Å². The average Bonchev–Trinajstić information content (AvgIpc) is 2.72. The van der Waals surface area contributed by atoms with Crippen LogP contribution in [0.4, 0.5) is 5.69 Å². The van der Waals surface area contributed by atoms with E-state index in [-0.39, 0.29) is 33.1 Å². The third-order valence-electron chi connectivity index (χ3n) is 4.88. The first kappa shape index (κ1) is 24.5. The Morgan fingerprint density at radius 1 is 1.07 bits per heavy atom. The molecule has 0 aliphatic heterocycles. The number of hydrogen-bond acceptors (Lipinski definition) is 3. The minimum atomic E-state index is -3.99. The summed E-state index contributed by atoms with van der Waals surface area (Å²) in [5, 5.41) is 3.46. The molecule has 30 heavy (non-hydrogen) atoms. The number of benzene rings is 2. The third-order valence-corrected chi connectivity index (χ3v) is 7.11. The lowest BCUT2D eigenvalue weighted by molar-refractivity contribution is -0.119. The standard InChI is InChI=1S/C22H28Cl2N2O3S/c1-3-5-9-17(4-2)15-25-22(27)16-26(20-13-18(23)12-19(24)14-20)30(28,29)21-10-7-6-8-11-21/h6-8,10-14,17H,3-5,9,15-16H2,1-2H3,(H,25,27)/t17-/m0/s1. The van der Waals surface area contributed by atoms with Gasteiger partial charge in [-0.2, -0.15) is 0 Å². The van der Waals surface area contributed by atoms with Crippen molar-refractivity contribution in [2.45, 2.75) is 44.4 Å². The summed E-state index contributed by atoms with van der Waals surface area (Å²) in [6, 6.07) is 12.5. The van der Waals surface area contributed by atoms with E-state index >= 15 is 0 Å². The number of sulfonamides is 1. The van der Waals surface area contributed by atoms with Crippen molar-refractivity contribution < 1.29 is 13.2 Å². The van der Waals surface area contributed by atoms with Gasteiger partial charge in [0.2, 0.25) is 5.91 Å². The normalized spacial score (nSPS) is 12.4. The molecule has 0 heterocycles. The molecule has 8 heteroatoms. The van der Waals surface area contributed by atoms with Crippen molar-refractivity contribution in [2.24, 2.45) is 5.92 Å². The van der Waals surface area contributed by atoms with Crippen LogP contribution in [0, 0.1) is 5.92 Å². The van der Waals surface area contributed by atoms with Gasteiger partial charge in [0.1, 0.15) is 6.54 Å². The number of hydrogen-bond donors (Lipinski definition) is 1. The largest absolute Gasteiger partial charge is 0.354 e. The third kappa shape index (κ3) is 6.89. The van der Waals surface area contributed by atoms with Crippen LogP contribution in [-0.2, 0) is 14.8 Å². The predicted octanol–water partition coefficient (Wildman–Crippen LogP) is 5.52. The van der Waals surface area contributed by atoms with Crippen molar-refractivity contribution in [3.05, 3.63) is 58.6 Å². The molecule has 2 aromatic carbocycles. The highest BCUT2D eigenvalue weighted by atomic mass is 35.5. The van der Waals surface area contributed by atoms with E-state index in [1.807, 2.05) is 0 Å². The van der Waals surface area contributed by atoms with E-state index in [1.54, 1.807) is 18.2 Å². The molecule has 164 valence electrons. The van der Waals surface area contributed by atoms with Gasteiger partial charge in [-0.1, -0.05) is 74.5 Å². The molecule has 1 amide bonds. The highest BCUT2D eigenvalue weighted by Gasteiger charge is 2.27. The van der Waals surface area contributed by atoms with Gasteiger partial charge < -0.3 is 5.32 Å². The maximum Gasteiger partial charge on any atom is 0.264 e. The first-order valence-corrected chi connectivity index (χ1v) is 12.3. The molecular weight excluding hydrogens is 443 g/mol. The molecule has 0 spiro atoms. The molecule has 2 rings (SSSR count). The summed E-state index contributed by atoms with van der Waals surface area (Å²) in [7, 11) is -3.99. The molecule has 0 aliphatic rings. The maximum atomic E-state index is 13.3. The Morgan fingerprint density at radius 3 is 2.27 bits per heavy atom. The minimum absolute atomic E-state index is 0.0864. The Hall–Kier alpha value is -1.76. The van der Waals surface area contributed by atoms with Crippen LogP contribution >= 0.6 is 23.2 Å². The second kappa shape index (κ2) is 11.6. The molecule has 0 fully saturated rings. The number of carbonyl (C=O) groups excluding carboxylic acids is 1. The zero-order chi connectivity index (χ0) is 22.1. The number of nitrogens with zero attached hydrogens (tertiary/aromatic N) is 1. The molecule has 0 aromatic heterocycles. The lowest BCUT2D eigenvalue weighted by Crippen LogP contribution is -2.42. The van der Waals surface area contributed by atoms with Crippen LogP contribution in [0.5, 0.6) is 0 Å². The summed E-state index contributed by atoms with van der Waals surface area (Å²) in [6.45, 7) is 4.38. The van der Waals surface area contributed by atoms with E-state index in [2.05, 4.69) is 19.2 Å². The number of anilines is 1. The fourth-order valence-electron chi connectivity index (χ4n) is 3.11. The molecule has 0 unspecified atom stereocenters. The van der Waals surface area contributed by atoms with E-state index in [9.17, 15) is 13.2 Å². The Balaban J connectivity index is 2.27. The molecule has 1 atom stereocenters. The van der Waals surface area contributed by atoms with E-state index in [0.717, 1.165) is 30.0 Å². The van der Waals surface area contributed by atoms with Crippen LogP contribution in [0.3, 0.4) is 0 Å². The van der Waals surface area contributed by atoms with Crippen LogP contribution < -0.4 is 9.62 Å². The minimum Gasteiger partial charge on any atom is -0.354 e. The monoisotopic (exact) mass is 470 g/mol. The molecule has 5 nitrogen and oxygen atoms in total. The molecule has 0 aliphatic carbocycles. The average molecular weight is 471 g/mol. The first-order chi connectivity index (χ1) is 14.3. The van der Waals surface area contributed by atoms with Crippen molar-refractivity contribution in [1.82, 2.24) is 5.32 Å². The molecule has 1 N–H and O–H groups in total.